The van der Waals surface area contributed by atoms with Gasteiger partial charge in [0.15, 0.2) is 5.60 Å². The average molecular weight is 319 g/mol. The van der Waals surface area contributed by atoms with Gasteiger partial charge in [-0.3, -0.25) is 0 Å². The topological polar surface area (TPSA) is 35.5 Å². The first-order valence-electron chi connectivity index (χ1n) is 7.68. The second kappa shape index (κ2) is 6.57. The Morgan fingerprint density at radius 3 is 2.86 bits per heavy atom. The van der Waals surface area contributed by atoms with E-state index >= 15 is 0 Å². The number of esters is 1. The van der Waals surface area contributed by atoms with Crippen LogP contribution in [0.5, 0.6) is 0 Å². The van der Waals surface area contributed by atoms with Gasteiger partial charge in [-0.2, -0.15) is 0 Å². The Morgan fingerprint density at radius 2 is 2.09 bits per heavy atom. The first-order valence-corrected chi connectivity index (χ1v) is 8.06. The minimum absolute atomic E-state index is 0.282. The van der Waals surface area contributed by atoms with Crippen LogP contribution in [0.2, 0.25) is 5.02 Å². The summed E-state index contributed by atoms with van der Waals surface area (Å²) in [5.74, 6) is 0.406. The number of benzene rings is 1. The maximum atomic E-state index is 11.6. The molecule has 1 saturated carbocycles. The summed E-state index contributed by atoms with van der Waals surface area (Å²) in [6.45, 7) is 0.413. The van der Waals surface area contributed by atoms with E-state index in [1.165, 1.54) is 12.5 Å². The summed E-state index contributed by atoms with van der Waals surface area (Å²) in [4.78, 5) is 11.6. The molecule has 1 fully saturated rings. The van der Waals surface area contributed by atoms with E-state index in [0.29, 0.717) is 17.4 Å². The lowest BCUT2D eigenvalue weighted by Gasteiger charge is -2.33. The Morgan fingerprint density at radius 1 is 1.27 bits per heavy atom. The molecule has 116 valence electrons. The van der Waals surface area contributed by atoms with E-state index in [9.17, 15) is 4.79 Å². The average Bonchev–Trinajstić information content (AvgIpc) is 2.80. The van der Waals surface area contributed by atoms with E-state index in [1.54, 1.807) is 0 Å². The van der Waals surface area contributed by atoms with Gasteiger partial charge in [0, 0.05) is 5.02 Å². The van der Waals surface area contributed by atoms with Crippen molar-refractivity contribution in [3.05, 3.63) is 52.8 Å². The molecule has 0 unspecified atom stereocenters. The number of hydrogen-bond donors (Lipinski definition) is 0. The van der Waals surface area contributed by atoms with Crippen LogP contribution in [-0.2, 0) is 14.3 Å². The first-order chi connectivity index (χ1) is 10.7. The third kappa shape index (κ3) is 3.36. The molecule has 0 saturated heterocycles. The summed E-state index contributed by atoms with van der Waals surface area (Å²) in [7, 11) is 0. The van der Waals surface area contributed by atoms with Crippen molar-refractivity contribution in [1.29, 1.82) is 0 Å². The molecule has 0 bridgehead atoms. The van der Waals surface area contributed by atoms with Crippen molar-refractivity contribution < 1.29 is 14.3 Å². The Balaban J connectivity index is 1.60. The van der Waals surface area contributed by atoms with Gasteiger partial charge in [-0.05, 0) is 49.5 Å². The summed E-state index contributed by atoms with van der Waals surface area (Å²) in [6.07, 6.45) is 10.5. The highest BCUT2D eigenvalue weighted by atomic mass is 35.5. The first kappa shape index (κ1) is 15.2. The second-order valence-electron chi connectivity index (χ2n) is 5.75. The molecule has 1 spiro atoms. The van der Waals surface area contributed by atoms with Gasteiger partial charge < -0.3 is 9.47 Å². The highest BCUT2D eigenvalue weighted by Gasteiger charge is 2.45. The van der Waals surface area contributed by atoms with Gasteiger partial charge in [0.2, 0.25) is 0 Å². The number of hydrogen-bond acceptors (Lipinski definition) is 3. The minimum Gasteiger partial charge on any atom is -0.489 e. The van der Waals surface area contributed by atoms with Crippen molar-refractivity contribution in [2.75, 3.05) is 6.61 Å². The normalized spacial score (nSPS) is 20.2. The van der Waals surface area contributed by atoms with Gasteiger partial charge in [-0.1, -0.05) is 36.2 Å². The third-order valence-electron chi connectivity index (χ3n) is 4.15. The largest absolute Gasteiger partial charge is 0.489 e. The van der Waals surface area contributed by atoms with Gasteiger partial charge in [0.1, 0.15) is 12.4 Å². The molecular formula is C18H19ClO3. The van der Waals surface area contributed by atoms with Crippen LogP contribution in [0, 0.1) is 0 Å². The van der Waals surface area contributed by atoms with E-state index in [-0.39, 0.29) is 5.97 Å². The predicted molar refractivity (Wildman–Crippen MR) is 86.4 cm³/mol. The fraction of sp³-hybridized carbons (Fsp3) is 0.389. The minimum atomic E-state index is -0.501. The lowest BCUT2D eigenvalue weighted by Crippen LogP contribution is -2.35. The molecule has 1 heterocycles. The summed E-state index contributed by atoms with van der Waals surface area (Å²) < 4.78 is 11.3. The summed E-state index contributed by atoms with van der Waals surface area (Å²) in [5.41, 5.74) is 0.524. The fourth-order valence-corrected chi connectivity index (χ4v) is 3.29. The van der Waals surface area contributed by atoms with Crippen LogP contribution >= 0.6 is 11.6 Å². The molecule has 1 aliphatic heterocycles. The van der Waals surface area contributed by atoms with Gasteiger partial charge in [-0.15, -0.1) is 0 Å². The monoisotopic (exact) mass is 318 g/mol. The number of ether oxygens (including phenoxy) is 2. The molecule has 2 aliphatic rings. The number of carbonyl (C=O) groups is 1. The van der Waals surface area contributed by atoms with Crippen LogP contribution in [0.1, 0.15) is 37.7 Å². The molecule has 0 atom stereocenters. The molecule has 1 aromatic rings. The number of halogens is 1. The Bertz CT molecular complexity index is 613. The van der Waals surface area contributed by atoms with Crippen molar-refractivity contribution in [2.24, 2.45) is 0 Å². The third-order valence-corrected chi connectivity index (χ3v) is 4.38. The zero-order valence-corrected chi connectivity index (χ0v) is 13.1. The maximum Gasteiger partial charge on any atom is 0.335 e. The van der Waals surface area contributed by atoms with Crippen molar-refractivity contribution in [2.45, 2.75) is 37.7 Å². The molecule has 0 N–H and O–H groups in total. The summed E-state index contributed by atoms with van der Waals surface area (Å²) >= 11 is 5.95. The highest BCUT2D eigenvalue weighted by molar-refractivity contribution is 6.30. The van der Waals surface area contributed by atoms with Crippen LogP contribution in [0.15, 0.2) is 42.2 Å². The van der Waals surface area contributed by atoms with Gasteiger partial charge >= 0.3 is 5.97 Å². The van der Waals surface area contributed by atoms with E-state index in [4.69, 9.17) is 21.1 Å². The zero-order valence-electron chi connectivity index (χ0n) is 12.4. The number of carbonyl (C=O) groups excluding carboxylic acids is 1. The SMILES string of the molecule is O=C1C=C(OC/C=C/c2cccc(Cl)c2)C2(CCCCC2)O1. The highest BCUT2D eigenvalue weighted by Crippen LogP contribution is 2.41. The Hall–Kier alpha value is -1.74. The molecule has 1 aliphatic carbocycles. The summed E-state index contributed by atoms with van der Waals surface area (Å²) in [5, 5.41) is 0.710. The second-order valence-corrected chi connectivity index (χ2v) is 6.19. The molecule has 0 radical (unpaired) electrons. The molecule has 0 aromatic heterocycles. The van der Waals surface area contributed by atoms with Crippen LogP contribution in [0.4, 0.5) is 0 Å². The van der Waals surface area contributed by atoms with E-state index in [2.05, 4.69) is 0 Å². The molecule has 22 heavy (non-hydrogen) atoms. The van der Waals surface area contributed by atoms with Crippen molar-refractivity contribution >= 4 is 23.6 Å². The quantitative estimate of drug-likeness (QED) is 0.766. The van der Waals surface area contributed by atoms with Crippen LogP contribution < -0.4 is 0 Å². The predicted octanol–water partition coefficient (Wildman–Crippen LogP) is 4.51. The van der Waals surface area contributed by atoms with E-state index in [0.717, 1.165) is 31.2 Å². The Labute approximate surface area is 135 Å². The van der Waals surface area contributed by atoms with Gasteiger partial charge in [0.25, 0.3) is 0 Å². The smallest absolute Gasteiger partial charge is 0.335 e. The summed E-state index contributed by atoms with van der Waals surface area (Å²) in [6, 6.07) is 7.62. The molecule has 1 aromatic carbocycles. The van der Waals surface area contributed by atoms with Crippen molar-refractivity contribution in [1.82, 2.24) is 0 Å². The maximum absolute atomic E-state index is 11.6. The molecule has 0 amide bonds. The van der Waals surface area contributed by atoms with Crippen molar-refractivity contribution in [3.8, 4) is 0 Å². The lowest BCUT2D eigenvalue weighted by molar-refractivity contribution is -0.150. The molecule has 3 nitrogen and oxygen atoms in total. The van der Waals surface area contributed by atoms with Crippen LogP contribution in [0.3, 0.4) is 0 Å². The standard InChI is InChI=1S/C18H19ClO3/c19-15-8-4-6-14(12-15)7-5-11-21-16-13-17(20)22-18(16)9-2-1-3-10-18/h4-8,12-13H,1-3,9-11H2/b7-5+. The van der Waals surface area contributed by atoms with Crippen LogP contribution in [0.25, 0.3) is 6.08 Å². The fourth-order valence-electron chi connectivity index (χ4n) is 3.09. The zero-order chi connectivity index (χ0) is 15.4. The van der Waals surface area contributed by atoms with Crippen LogP contribution in [-0.4, -0.2) is 18.2 Å². The molecular weight excluding hydrogens is 300 g/mol. The van der Waals surface area contributed by atoms with E-state index in [1.807, 2.05) is 36.4 Å². The Kier molecular flexibility index (Phi) is 4.53. The number of rotatable bonds is 4. The molecule has 3 rings (SSSR count). The van der Waals surface area contributed by atoms with Gasteiger partial charge in [0.05, 0.1) is 6.08 Å². The molecule has 4 heteroatoms. The van der Waals surface area contributed by atoms with Gasteiger partial charge in [-0.25, -0.2) is 4.79 Å². The van der Waals surface area contributed by atoms with Crippen molar-refractivity contribution in [3.63, 3.8) is 0 Å². The lowest BCUT2D eigenvalue weighted by atomic mass is 9.84. The van der Waals surface area contributed by atoms with E-state index < -0.39 is 5.60 Å².